The molecular weight excluding hydrogens is 462 g/mol. The van der Waals surface area contributed by atoms with Crippen molar-refractivity contribution in [1.82, 2.24) is 14.8 Å². The molecule has 0 radical (unpaired) electrons. The van der Waals surface area contributed by atoms with Crippen LogP contribution in [0, 0.1) is 0 Å². The van der Waals surface area contributed by atoms with E-state index in [1.807, 2.05) is 35.8 Å². The fraction of sp³-hybridized carbons (Fsp3) is 0.348. The molecule has 1 unspecified atom stereocenters. The van der Waals surface area contributed by atoms with Gasteiger partial charge in [0.25, 0.3) is 0 Å². The molecule has 10 heteroatoms. The summed E-state index contributed by atoms with van der Waals surface area (Å²) >= 11 is 7.85. The lowest BCUT2D eigenvalue weighted by Gasteiger charge is -2.19. The van der Waals surface area contributed by atoms with E-state index in [2.05, 4.69) is 20.4 Å². The highest BCUT2D eigenvalue weighted by atomic mass is 35.5. The van der Waals surface area contributed by atoms with E-state index in [0.717, 1.165) is 37.6 Å². The number of halogens is 1. The van der Waals surface area contributed by atoms with Crippen molar-refractivity contribution in [3.63, 3.8) is 0 Å². The lowest BCUT2D eigenvalue weighted by atomic mass is 10.2. The maximum Gasteiger partial charge on any atom is 0.237 e. The summed E-state index contributed by atoms with van der Waals surface area (Å²) in [6, 6.07) is 12.8. The molecule has 0 saturated carbocycles. The van der Waals surface area contributed by atoms with Crippen LogP contribution in [0.15, 0.2) is 47.6 Å². The van der Waals surface area contributed by atoms with E-state index < -0.39 is 5.25 Å². The third-order valence-electron chi connectivity index (χ3n) is 5.37. The first-order valence-electron chi connectivity index (χ1n) is 10.7. The van der Waals surface area contributed by atoms with Crippen LogP contribution < -0.4 is 19.7 Å². The molecule has 8 nitrogen and oxygen atoms in total. The Balaban J connectivity index is 1.58. The van der Waals surface area contributed by atoms with Crippen molar-refractivity contribution in [3.8, 4) is 17.2 Å². The van der Waals surface area contributed by atoms with Crippen LogP contribution in [0.5, 0.6) is 11.5 Å². The molecule has 0 aliphatic carbocycles. The maximum atomic E-state index is 13.0. The third-order valence-corrected chi connectivity index (χ3v) is 6.73. The average molecular weight is 488 g/mol. The number of hydrogen-bond donors (Lipinski definition) is 1. The van der Waals surface area contributed by atoms with E-state index in [4.69, 9.17) is 21.1 Å². The minimum Gasteiger partial charge on any atom is -0.497 e. The van der Waals surface area contributed by atoms with Gasteiger partial charge in [0.2, 0.25) is 11.9 Å². The molecule has 1 aliphatic heterocycles. The summed E-state index contributed by atoms with van der Waals surface area (Å²) in [5.41, 5.74) is 1.38. The first kappa shape index (κ1) is 23.3. The first-order valence-corrected chi connectivity index (χ1v) is 11.9. The van der Waals surface area contributed by atoms with Gasteiger partial charge in [-0.3, -0.25) is 9.36 Å². The number of hydrogen-bond acceptors (Lipinski definition) is 7. The number of carbonyl (C=O) groups excluding carboxylic acids is 1. The summed E-state index contributed by atoms with van der Waals surface area (Å²) in [6.45, 7) is 3.67. The van der Waals surface area contributed by atoms with Gasteiger partial charge in [-0.25, -0.2) is 0 Å². The topological polar surface area (TPSA) is 81.5 Å². The largest absolute Gasteiger partial charge is 0.497 e. The number of ether oxygens (including phenoxy) is 2. The molecule has 1 N–H and O–H groups in total. The highest BCUT2D eigenvalue weighted by Gasteiger charge is 2.26. The van der Waals surface area contributed by atoms with Crippen LogP contribution in [0.4, 0.5) is 11.6 Å². The monoisotopic (exact) mass is 487 g/mol. The van der Waals surface area contributed by atoms with E-state index in [9.17, 15) is 4.79 Å². The van der Waals surface area contributed by atoms with Crippen LogP contribution in [0.3, 0.4) is 0 Å². The average Bonchev–Trinajstić information content (AvgIpc) is 3.49. The summed E-state index contributed by atoms with van der Waals surface area (Å²) in [4.78, 5) is 15.2. The number of aromatic nitrogens is 3. The van der Waals surface area contributed by atoms with Gasteiger partial charge in [0.15, 0.2) is 5.16 Å². The van der Waals surface area contributed by atoms with Gasteiger partial charge >= 0.3 is 0 Å². The summed E-state index contributed by atoms with van der Waals surface area (Å²) in [5, 5.41) is 12.6. The van der Waals surface area contributed by atoms with Crippen molar-refractivity contribution in [2.75, 3.05) is 37.5 Å². The highest BCUT2D eigenvalue weighted by Crippen LogP contribution is 2.34. The Kier molecular flexibility index (Phi) is 7.29. The second-order valence-corrected chi connectivity index (χ2v) is 9.33. The second kappa shape index (κ2) is 10.4. The fourth-order valence-corrected chi connectivity index (χ4v) is 4.72. The Bertz CT molecular complexity index is 1110. The Hall–Kier alpha value is -2.91. The minimum atomic E-state index is -0.445. The van der Waals surface area contributed by atoms with Crippen molar-refractivity contribution in [1.29, 1.82) is 0 Å². The molecule has 1 saturated heterocycles. The molecule has 1 aliphatic rings. The van der Waals surface area contributed by atoms with Gasteiger partial charge < -0.3 is 19.7 Å². The Morgan fingerprint density at radius 2 is 1.76 bits per heavy atom. The Morgan fingerprint density at radius 3 is 2.39 bits per heavy atom. The summed E-state index contributed by atoms with van der Waals surface area (Å²) in [7, 11) is 3.14. The summed E-state index contributed by atoms with van der Waals surface area (Å²) in [6.07, 6.45) is 2.22. The lowest BCUT2D eigenvalue weighted by Crippen LogP contribution is -2.24. The predicted octanol–water partition coefficient (Wildman–Crippen LogP) is 4.66. The van der Waals surface area contributed by atoms with E-state index >= 15 is 0 Å². The van der Waals surface area contributed by atoms with Crippen LogP contribution in [0.25, 0.3) is 5.69 Å². The fourth-order valence-electron chi connectivity index (χ4n) is 3.64. The van der Waals surface area contributed by atoms with Crippen molar-refractivity contribution in [3.05, 3.63) is 47.5 Å². The van der Waals surface area contributed by atoms with Crippen LogP contribution in [-0.2, 0) is 4.79 Å². The van der Waals surface area contributed by atoms with Crippen molar-refractivity contribution in [2.45, 2.75) is 30.2 Å². The molecule has 4 rings (SSSR count). The molecular formula is C23H26ClN5O3S. The summed E-state index contributed by atoms with van der Waals surface area (Å²) in [5.74, 6) is 1.76. The molecule has 3 aromatic rings. The molecule has 1 atom stereocenters. The number of methoxy groups -OCH3 is 2. The van der Waals surface area contributed by atoms with E-state index in [1.165, 1.54) is 11.8 Å². The molecule has 1 fully saturated rings. The number of carbonyl (C=O) groups is 1. The maximum absolute atomic E-state index is 13.0. The number of thioether (sulfide) groups is 1. The number of nitrogens with zero attached hydrogens (tertiary/aromatic N) is 4. The lowest BCUT2D eigenvalue weighted by molar-refractivity contribution is -0.115. The van der Waals surface area contributed by atoms with Crippen LogP contribution in [-0.4, -0.2) is 53.2 Å². The summed E-state index contributed by atoms with van der Waals surface area (Å²) < 4.78 is 12.5. The number of benzene rings is 2. The quantitative estimate of drug-likeness (QED) is 0.463. The number of rotatable bonds is 8. The smallest absolute Gasteiger partial charge is 0.237 e. The van der Waals surface area contributed by atoms with Crippen LogP contribution >= 0.6 is 23.4 Å². The van der Waals surface area contributed by atoms with Crippen molar-refractivity contribution < 1.29 is 14.3 Å². The van der Waals surface area contributed by atoms with Crippen molar-refractivity contribution in [2.24, 2.45) is 0 Å². The molecule has 0 bridgehead atoms. The zero-order valence-corrected chi connectivity index (χ0v) is 20.3. The molecule has 33 heavy (non-hydrogen) atoms. The van der Waals surface area contributed by atoms with Gasteiger partial charge in [-0.1, -0.05) is 35.5 Å². The number of para-hydroxylation sites is 1. The van der Waals surface area contributed by atoms with Crippen molar-refractivity contribution >= 4 is 40.9 Å². The van der Waals surface area contributed by atoms with Gasteiger partial charge in [-0.15, -0.1) is 10.2 Å². The van der Waals surface area contributed by atoms with Crippen LogP contribution in [0.1, 0.15) is 19.8 Å². The van der Waals surface area contributed by atoms with Gasteiger partial charge in [0.05, 0.1) is 30.2 Å². The normalized spacial score (nSPS) is 14.2. The molecule has 174 valence electrons. The SMILES string of the molecule is COc1cc(NC(=O)C(C)Sc2nnc(N3CCCC3)n2-c2ccccc2Cl)cc(OC)c1. The third kappa shape index (κ3) is 5.20. The van der Waals surface area contributed by atoms with Gasteiger partial charge in [-0.2, -0.15) is 0 Å². The number of anilines is 2. The van der Waals surface area contributed by atoms with E-state index in [-0.39, 0.29) is 5.91 Å². The van der Waals surface area contributed by atoms with Gasteiger partial charge in [-0.05, 0) is 31.9 Å². The molecule has 1 aromatic heterocycles. The number of amides is 1. The van der Waals surface area contributed by atoms with E-state index in [0.29, 0.717) is 27.4 Å². The molecule has 1 amide bonds. The number of nitrogens with one attached hydrogen (secondary N) is 1. The Morgan fingerprint density at radius 1 is 1.09 bits per heavy atom. The van der Waals surface area contributed by atoms with E-state index in [1.54, 1.807) is 32.4 Å². The molecule has 0 spiro atoms. The standard InChI is InChI=1S/C23H26ClN5O3S/c1-15(21(30)25-16-12-17(31-2)14-18(13-16)32-3)33-23-27-26-22(28-10-6-7-11-28)29(23)20-9-5-4-8-19(20)24/h4-5,8-9,12-15H,6-7,10-11H2,1-3H3,(H,25,30). The molecule has 2 aromatic carbocycles. The first-order chi connectivity index (χ1) is 16.0. The zero-order chi connectivity index (χ0) is 23.4. The highest BCUT2D eigenvalue weighted by molar-refractivity contribution is 8.00. The minimum absolute atomic E-state index is 0.174. The second-order valence-electron chi connectivity index (χ2n) is 7.61. The van der Waals surface area contributed by atoms with Crippen LogP contribution in [0.2, 0.25) is 5.02 Å². The van der Waals surface area contributed by atoms with Gasteiger partial charge in [0, 0.05) is 37.0 Å². The Labute approximate surface area is 202 Å². The molecule has 2 heterocycles. The van der Waals surface area contributed by atoms with Gasteiger partial charge in [0.1, 0.15) is 11.5 Å². The zero-order valence-electron chi connectivity index (χ0n) is 18.7. The predicted molar refractivity (Wildman–Crippen MR) is 131 cm³/mol.